The summed E-state index contributed by atoms with van der Waals surface area (Å²) in [6.07, 6.45) is 0.219. The SMILES string of the molecule is COc1ccccc1C(=O)N[C@@H](Cc1ccccc1)C(=O)O. The third kappa shape index (κ3) is 3.85. The summed E-state index contributed by atoms with van der Waals surface area (Å²) in [5.74, 6) is -1.14. The molecule has 2 N–H and O–H groups in total. The summed E-state index contributed by atoms with van der Waals surface area (Å²) in [5.41, 5.74) is 1.15. The highest BCUT2D eigenvalue weighted by molar-refractivity contribution is 5.98. The van der Waals surface area contributed by atoms with Crippen molar-refractivity contribution < 1.29 is 19.4 Å². The van der Waals surface area contributed by atoms with E-state index in [4.69, 9.17) is 4.74 Å². The molecule has 0 aliphatic heterocycles. The van der Waals surface area contributed by atoms with Crippen molar-refractivity contribution in [1.29, 1.82) is 0 Å². The monoisotopic (exact) mass is 299 g/mol. The van der Waals surface area contributed by atoms with Crippen molar-refractivity contribution in [2.45, 2.75) is 12.5 Å². The molecule has 0 bridgehead atoms. The third-order valence-electron chi connectivity index (χ3n) is 3.24. The van der Waals surface area contributed by atoms with Crippen LogP contribution in [0.4, 0.5) is 0 Å². The lowest BCUT2D eigenvalue weighted by molar-refractivity contribution is -0.139. The Morgan fingerprint density at radius 2 is 1.73 bits per heavy atom. The molecule has 5 heteroatoms. The van der Waals surface area contributed by atoms with E-state index in [0.29, 0.717) is 11.3 Å². The second kappa shape index (κ2) is 7.26. The first-order valence-corrected chi connectivity index (χ1v) is 6.82. The molecule has 2 aromatic rings. The highest BCUT2D eigenvalue weighted by Gasteiger charge is 2.22. The molecule has 1 amide bonds. The lowest BCUT2D eigenvalue weighted by Crippen LogP contribution is -2.42. The van der Waals surface area contributed by atoms with Crippen molar-refractivity contribution in [3.8, 4) is 5.75 Å². The second-order valence-corrected chi connectivity index (χ2v) is 4.75. The number of para-hydroxylation sites is 1. The van der Waals surface area contributed by atoms with E-state index in [1.807, 2.05) is 30.3 Å². The Labute approximate surface area is 128 Å². The summed E-state index contributed by atoms with van der Waals surface area (Å²) >= 11 is 0. The van der Waals surface area contributed by atoms with Crippen molar-refractivity contribution in [3.63, 3.8) is 0 Å². The molecule has 5 nitrogen and oxygen atoms in total. The van der Waals surface area contributed by atoms with Crippen LogP contribution < -0.4 is 10.1 Å². The Morgan fingerprint density at radius 1 is 1.09 bits per heavy atom. The maximum Gasteiger partial charge on any atom is 0.326 e. The minimum absolute atomic E-state index is 0.219. The molecule has 0 radical (unpaired) electrons. The molecule has 0 saturated carbocycles. The minimum Gasteiger partial charge on any atom is -0.496 e. The average Bonchev–Trinajstić information content (AvgIpc) is 2.55. The molecule has 0 spiro atoms. The molecule has 2 aromatic carbocycles. The van der Waals surface area contributed by atoms with Crippen molar-refractivity contribution in [2.75, 3.05) is 7.11 Å². The molecule has 114 valence electrons. The maximum absolute atomic E-state index is 12.3. The van der Waals surface area contributed by atoms with Gasteiger partial charge in [0.1, 0.15) is 11.8 Å². The number of carboxylic acid groups (broad SMARTS) is 1. The van der Waals surface area contributed by atoms with E-state index in [1.165, 1.54) is 7.11 Å². The van der Waals surface area contributed by atoms with E-state index in [2.05, 4.69) is 5.32 Å². The summed E-state index contributed by atoms with van der Waals surface area (Å²) < 4.78 is 5.12. The Kier molecular flexibility index (Phi) is 5.14. The number of amides is 1. The van der Waals surface area contributed by atoms with Crippen LogP contribution in [-0.2, 0) is 11.2 Å². The fourth-order valence-corrected chi connectivity index (χ4v) is 2.12. The number of methoxy groups -OCH3 is 1. The molecular weight excluding hydrogens is 282 g/mol. The standard InChI is InChI=1S/C17H17NO4/c1-22-15-10-6-5-9-13(15)16(19)18-14(17(20)21)11-12-7-3-2-4-8-12/h2-10,14H,11H2,1H3,(H,18,19)(H,20,21)/t14-/m0/s1. The van der Waals surface area contributed by atoms with Gasteiger partial charge in [0.25, 0.3) is 5.91 Å². The largest absolute Gasteiger partial charge is 0.496 e. The van der Waals surface area contributed by atoms with Crippen LogP contribution >= 0.6 is 0 Å². The Morgan fingerprint density at radius 3 is 2.36 bits per heavy atom. The van der Waals surface area contributed by atoms with Gasteiger partial charge in [-0.05, 0) is 17.7 Å². The van der Waals surface area contributed by atoms with Crippen LogP contribution in [0, 0.1) is 0 Å². The van der Waals surface area contributed by atoms with E-state index in [1.54, 1.807) is 24.3 Å². The zero-order valence-electron chi connectivity index (χ0n) is 12.2. The van der Waals surface area contributed by atoms with Crippen LogP contribution in [0.5, 0.6) is 5.75 Å². The number of aliphatic carboxylic acids is 1. The number of ether oxygens (including phenoxy) is 1. The number of rotatable bonds is 6. The van der Waals surface area contributed by atoms with Gasteiger partial charge in [-0.25, -0.2) is 4.79 Å². The first-order chi connectivity index (χ1) is 10.6. The first kappa shape index (κ1) is 15.6. The van der Waals surface area contributed by atoms with Gasteiger partial charge in [-0.2, -0.15) is 0 Å². The van der Waals surface area contributed by atoms with Crippen LogP contribution in [-0.4, -0.2) is 30.1 Å². The average molecular weight is 299 g/mol. The van der Waals surface area contributed by atoms with E-state index < -0.39 is 17.9 Å². The summed E-state index contributed by atoms with van der Waals surface area (Å²) in [7, 11) is 1.46. The molecule has 0 aliphatic rings. The Balaban J connectivity index is 2.14. The van der Waals surface area contributed by atoms with Crippen LogP contribution in [0.2, 0.25) is 0 Å². The number of benzene rings is 2. The van der Waals surface area contributed by atoms with Crippen LogP contribution in [0.15, 0.2) is 54.6 Å². The first-order valence-electron chi connectivity index (χ1n) is 6.82. The highest BCUT2D eigenvalue weighted by Crippen LogP contribution is 2.17. The zero-order chi connectivity index (χ0) is 15.9. The smallest absolute Gasteiger partial charge is 0.326 e. The van der Waals surface area contributed by atoms with Gasteiger partial charge in [0, 0.05) is 6.42 Å². The lowest BCUT2D eigenvalue weighted by Gasteiger charge is -2.16. The maximum atomic E-state index is 12.3. The van der Waals surface area contributed by atoms with Crippen LogP contribution in [0.1, 0.15) is 15.9 Å². The topological polar surface area (TPSA) is 75.6 Å². The molecular formula is C17H17NO4. The van der Waals surface area contributed by atoms with Gasteiger partial charge in [-0.1, -0.05) is 42.5 Å². The molecule has 2 rings (SSSR count). The van der Waals surface area contributed by atoms with Crippen molar-refractivity contribution in [2.24, 2.45) is 0 Å². The van der Waals surface area contributed by atoms with Gasteiger partial charge in [-0.3, -0.25) is 4.79 Å². The summed E-state index contributed by atoms with van der Waals surface area (Å²) in [6.45, 7) is 0. The Hall–Kier alpha value is -2.82. The minimum atomic E-state index is -1.08. The van der Waals surface area contributed by atoms with Gasteiger partial charge in [0.15, 0.2) is 0 Å². The predicted molar refractivity (Wildman–Crippen MR) is 82.0 cm³/mol. The molecule has 0 heterocycles. The zero-order valence-corrected chi connectivity index (χ0v) is 12.2. The number of carboxylic acids is 1. The number of hydrogen-bond acceptors (Lipinski definition) is 3. The van der Waals surface area contributed by atoms with E-state index in [9.17, 15) is 14.7 Å². The highest BCUT2D eigenvalue weighted by atomic mass is 16.5. The molecule has 22 heavy (non-hydrogen) atoms. The van der Waals surface area contributed by atoms with Gasteiger partial charge in [0.2, 0.25) is 0 Å². The molecule has 0 unspecified atom stereocenters. The number of hydrogen-bond donors (Lipinski definition) is 2. The van der Waals surface area contributed by atoms with Crippen molar-refractivity contribution in [1.82, 2.24) is 5.32 Å². The van der Waals surface area contributed by atoms with Gasteiger partial charge in [-0.15, -0.1) is 0 Å². The molecule has 0 aromatic heterocycles. The quantitative estimate of drug-likeness (QED) is 0.856. The van der Waals surface area contributed by atoms with Gasteiger partial charge < -0.3 is 15.2 Å². The second-order valence-electron chi connectivity index (χ2n) is 4.75. The molecule has 0 fully saturated rings. The Bertz CT molecular complexity index is 655. The normalized spacial score (nSPS) is 11.5. The third-order valence-corrected chi connectivity index (χ3v) is 3.24. The summed E-state index contributed by atoms with van der Waals surface area (Å²) in [6, 6.07) is 14.9. The summed E-state index contributed by atoms with van der Waals surface area (Å²) in [5, 5.41) is 11.8. The summed E-state index contributed by atoms with van der Waals surface area (Å²) in [4.78, 5) is 23.7. The van der Waals surface area contributed by atoms with E-state index >= 15 is 0 Å². The number of carbonyl (C=O) groups excluding carboxylic acids is 1. The van der Waals surface area contributed by atoms with Crippen molar-refractivity contribution >= 4 is 11.9 Å². The lowest BCUT2D eigenvalue weighted by atomic mass is 10.1. The molecule has 0 aliphatic carbocycles. The fourth-order valence-electron chi connectivity index (χ4n) is 2.12. The number of carbonyl (C=O) groups is 2. The van der Waals surface area contributed by atoms with Crippen molar-refractivity contribution in [3.05, 3.63) is 65.7 Å². The predicted octanol–water partition coefficient (Wildman–Crippen LogP) is 2.12. The van der Waals surface area contributed by atoms with Crippen LogP contribution in [0.3, 0.4) is 0 Å². The fraction of sp³-hybridized carbons (Fsp3) is 0.176. The molecule has 1 atom stereocenters. The number of nitrogens with one attached hydrogen (secondary N) is 1. The van der Waals surface area contributed by atoms with Gasteiger partial charge in [0.05, 0.1) is 12.7 Å². The van der Waals surface area contributed by atoms with Crippen LogP contribution in [0.25, 0.3) is 0 Å². The van der Waals surface area contributed by atoms with Gasteiger partial charge >= 0.3 is 5.97 Å². The molecule has 0 saturated heterocycles. The van der Waals surface area contributed by atoms with E-state index in [0.717, 1.165) is 5.56 Å². The van der Waals surface area contributed by atoms with E-state index in [-0.39, 0.29) is 6.42 Å².